The van der Waals surface area contributed by atoms with E-state index >= 15 is 0 Å². The van der Waals surface area contributed by atoms with Gasteiger partial charge in [0.05, 0.1) is 30.6 Å². The Balaban J connectivity index is 2.03. The Morgan fingerprint density at radius 1 is 0.806 bits per heavy atom. The second-order valence-corrected chi connectivity index (χ2v) is 6.76. The number of pyridine rings is 1. The summed E-state index contributed by atoms with van der Waals surface area (Å²) >= 11 is 0. The number of esters is 1. The zero-order chi connectivity index (χ0) is 22.3. The van der Waals surface area contributed by atoms with Crippen LogP contribution in [0.25, 0.3) is 21.8 Å². The van der Waals surface area contributed by atoms with Gasteiger partial charge in [-0.25, -0.2) is 13.6 Å². The van der Waals surface area contributed by atoms with Crippen molar-refractivity contribution >= 4 is 27.8 Å². The van der Waals surface area contributed by atoms with Crippen LogP contribution in [0, 0.1) is 17.5 Å². The van der Waals surface area contributed by atoms with Gasteiger partial charge < -0.3 is 14.2 Å². The minimum Gasteiger partial charge on any atom is -0.497 e. The van der Waals surface area contributed by atoms with Crippen LogP contribution in [0.1, 0.15) is 10.4 Å². The molecule has 5 nitrogen and oxygen atoms in total. The Hall–Kier alpha value is -3.81. The summed E-state index contributed by atoms with van der Waals surface area (Å²) in [7, 11) is 4.76. The van der Waals surface area contributed by atoms with Gasteiger partial charge in [0.15, 0.2) is 11.6 Å². The maximum Gasteiger partial charge on any atom is 0.345 e. The molecule has 0 spiro atoms. The maximum atomic E-state index is 14.1. The van der Waals surface area contributed by atoms with E-state index in [9.17, 15) is 18.0 Å². The number of rotatable bonds is 4. The van der Waals surface area contributed by atoms with E-state index in [0.717, 1.165) is 0 Å². The molecule has 4 aromatic rings. The Bertz CT molecular complexity index is 1290. The molecule has 1 aromatic heterocycles. The third kappa shape index (κ3) is 3.39. The molecule has 31 heavy (non-hydrogen) atoms. The zero-order valence-corrected chi connectivity index (χ0v) is 16.8. The van der Waals surface area contributed by atoms with E-state index in [-0.39, 0.29) is 5.56 Å². The highest BCUT2D eigenvalue weighted by Crippen LogP contribution is 2.32. The third-order valence-electron chi connectivity index (χ3n) is 5.07. The number of benzene rings is 3. The predicted octanol–water partition coefficient (Wildman–Crippen LogP) is 4.47. The molecule has 0 radical (unpaired) electrons. The molecule has 0 bridgehead atoms. The monoisotopic (exact) mass is 428 g/mol. The number of hydrogen-bond acceptors (Lipinski definition) is 4. The van der Waals surface area contributed by atoms with Crippen LogP contribution in [0.3, 0.4) is 0 Å². The molecule has 0 saturated carbocycles. The summed E-state index contributed by atoms with van der Waals surface area (Å²) in [5, 5.41) is 0.842. The Morgan fingerprint density at radius 2 is 1.32 bits per heavy atom. The van der Waals surface area contributed by atoms with Crippen LogP contribution >= 0.6 is 0 Å². The Kier molecular flexibility index (Phi) is 5.14. The van der Waals surface area contributed by atoms with Crippen molar-refractivity contribution in [3.63, 3.8) is 0 Å². The topological polar surface area (TPSA) is 48.6 Å². The number of methoxy groups -OCH3 is 2. The molecule has 3 aromatic carbocycles. The van der Waals surface area contributed by atoms with Gasteiger partial charge >= 0.3 is 5.97 Å². The number of ether oxygens (including phenoxy) is 3. The highest BCUT2D eigenvalue weighted by atomic mass is 19.2. The van der Waals surface area contributed by atoms with Crippen LogP contribution in [0.5, 0.6) is 17.2 Å². The van der Waals surface area contributed by atoms with E-state index in [1.54, 1.807) is 36.4 Å². The third-order valence-corrected chi connectivity index (χ3v) is 5.07. The first-order chi connectivity index (χ1) is 14.8. The zero-order valence-electron chi connectivity index (χ0n) is 16.8. The van der Waals surface area contributed by atoms with E-state index in [4.69, 9.17) is 14.2 Å². The number of carbonyl (C=O) groups is 1. The van der Waals surface area contributed by atoms with Crippen LogP contribution < -0.4 is 18.8 Å². The second-order valence-electron chi connectivity index (χ2n) is 6.76. The second kappa shape index (κ2) is 7.79. The van der Waals surface area contributed by atoms with Gasteiger partial charge in [-0.3, -0.25) is 0 Å². The van der Waals surface area contributed by atoms with Gasteiger partial charge in [0.25, 0.3) is 0 Å². The van der Waals surface area contributed by atoms with Crippen molar-refractivity contribution in [2.75, 3.05) is 14.2 Å². The summed E-state index contributed by atoms with van der Waals surface area (Å²) in [4.78, 5) is 13.2. The fourth-order valence-corrected chi connectivity index (χ4v) is 3.51. The summed E-state index contributed by atoms with van der Waals surface area (Å²) in [6.07, 6.45) is 0. The molecule has 0 amide bonds. The van der Waals surface area contributed by atoms with Crippen molar-refractivity contribution in [2.24, 2.45) is 7.05 Å². The van der Waals surface area contributed by atoms with Crippen molar-refractivity contribution < 1.29 is 36.7 Å². The van der Waals surface area contributed by atoms with Gasteiger partial charge in [-0.2, -0.15) is 8.96 Å². The number of aromatic nitrogens is 1. The number of fused-ring (bicyclic) bond motifs is 2. The van der Waals surface area contributed by atoms with Crippen LogP contribution in [0.2, 0.25) is 0 Å². The van der Waals surface area contributed by atoms with Gasteiger partial charge in [-0.1, -0.05) is 0 Å². The first kappa shape index (κ1) is 20.5. The molecule has 0 unspecified atom stereocenters. The van der Waals surface area contributed by atoms with E-state index in [1.807, 2.05) is 11.6 Å². The SMILES string of the molecule is COc1ccc2c(c1)c(C(=O)Oc1c(F)ccc(F)c1F)c1cc(OC)ccc1[n+]2C. The lowest BCUT2D eigenvalue weighted by atomic mass is 10.0. The molecule has 0 aliphatic rings. The molecule has 0 aliphatic heterocycles. The van der Waals surface area contributed by atoms with Crippen molar-refractivity contribution in [2.45, 2.75) is 0 Å². The quantitative estimate of drug-likeness (QED) is 0.158. The highest BCUT2D eigenvalue weighted by molar-refractivity contribution is 6.13. The minimum absolute atomic E-state index is 0.0314. The largest absolute Gasteiger partial charge is 0.497 e. The first-order valence-electron chi connectivity index (χ1n) is 9.19. The number of nitrogens with zero attached hydrogens (tertiary/aromatic N) is 1. The lowest BCUT2D eigenvalue weighted by Gasteiger charge is -2.12. The van der Waals surface area contributed by atoms with Crippen LogP contribution in [0.4, 0.5) is 13.2 Å². The lowest BCUT2D eigenvalue weighted by Crippen LogP contribution is -2.31. The van der Waals surface area contributed by atoms with Gasteiger partial charge in [0, 0.05) is 12.1 Å². The molecule has 4 rings (SSSR count). The number of carbonyl (C=O) groups excluding carboxylic acids is 1. The number of halogens is 3. The smallest absolute Gasteiger partial charge is 0.345 e. The molecule has 158 valence electrons. The van der Waals surface area contributed by atoms with Crippen molar-refractivity contribution in [3.05, 3.63) is 71.5 Å². The molecule has 8 heteroatoms. The average molecular weight is 428 g/mol. The number of aryl methyl sites for hydroxylation is 1. The fourth-order valence-electron chi connectivity index (χ4n) is 3.51. The van der Waals surface area contributed by atoms with Gasteiger partial charge in [0.1, 0.15) is 18.5 Å². The summed E-state index contributed by atoms with van der Waals surface area (Å²) in [5.41, 5.74) is 1.32. The molecular weight excluding hydrogens is 411 g/mol. The van der Waals surface area contributed by atoms with Crippen molar-refractivity contribution in [1.82, 2.24) is 0 Å². The van der Waals surface area contributed by atoms with E-state index < -0.39 is 29.2 Å². The van der Waals surface area contributed by atoms with Crippen LogP contribution in [0.15, 0.2) is 48.5 Å². The molecule has 0 aliphatic carbocycles. The first-order valence-corrected chi connectivity index (χ1v) is 9.19. The molecule has 0 saturated heterocycles. The minimum atomic E-state index is -1.58. The molecule has 0 fully saturated rings. The van der Waals surface area contributed by atoms with Gasteiger partial charge in [0.2, 0.25) is 22.6 Å². The lowest BCUT2D eigenvalue weighted by molar-refractivity contribution is -0.617. The summed E-state index contributed by atoms with van der Waals surface area (Å²) in [6.45, 7) is 0. The average Bonchev–Trinajstić information content (AvgIpc) is 2.78. The predicted molar refractivity (Wildman–Crippen MR) is 107 cm³/mol. The summed E-state index contributed by atoms with van der Waals surface area (Å²) < 4.78 is 59.3. The summed E-state index contributed by atoms with van der Waals surface area (Å²) in [6, 6.07) is 11.5. The normalized spacial score (nSPS) is 11.0. The highest BCUT2D eigenvalue weighted by Gasteiger charge is 2.27. The van der Waals surface area contributed by atoms with E-state index in [2.05, 4.69) is 0 Å². The van der Waals surface area contributed by atoms with Crippen LogP contribution in [-0.2, 0) is 7.05 Å². The van der Waals surface area contributed by atoms with E-state index in [1.165, 1.54) is 14.2 Å². The summed E-state index contributed by atoms with van der Waals surface area (Å²) in [5.74, 6) is -5.34. The molecule has 0 N–H and O–H groups in total. The van der Waals surface area contributed by atoms with Gasteiger partial charge in [-0.05, 0) is 36.4 Å². The number of hydrogen-bond donors (Lipinski definition) is 0. The van der Waals surface area contributed by atoms with Crippen molar-refractivity contribution in [3.8, 4) is 17.2 Å². The molecular formula is C23H17F3NO4+. The Morgan fingerprint density at radius 3 is 1.84 bits per heavy atom. The molecule has 1 heterocycles. The molecule has 0 atom stereocenters. The van der Waals surface area contributed by atoms with Crippen LogP contribution in [-0.4, -0.2) is 20.2 Å². The van der Waals surface area contributed by atoms with Crippen molar-refractivity contribution in [1.29, 1.82) is 0 Å². The maximum absolute atomic E-state index is 14.1. The Labute approximate surface area is 175 Å². The fraction of sp³-hybridized carbons (Fsp3) is 0.130. The standard InChI is InChI=1S/C23H17F3NO4/c1-27-18-8-4-12(29-2)10-14(18)20(15-11-13(30-3)5-9-19(15)27)23(28)31-22-17(25)7-6-16(24)21(22)26/h4-11H,1-3H3/q+1. The van der Waals surface area contributed by atoms with E-state index in [0.29, 0.717) is 45.4 Å². The van der Waals surface area contributed by atoms with Gasteiger partial charge in [-0.15, -0.1) is 0 Å².